The molecular weight excluding hydrogens is 306 g/mol. The van der Waals surface area contributed by atoms with Crippen LogP contribution in [0.1, 0.15) is 5.56 Å². The van der Waals surface area contributed by atoms with Crippen molar-refractivity contribution in [3.63, 3.8) is 0 Å². The minimum Gasteiger partial charge on any atom is -0.506 e. The number of fused-ring (bicyclic) bond motifs is 1. The third kappa shape index (κ3) is 3.02. The molecule has 1 aromatic heterocycles. The van der Waals surface area contributed by atoms with Crippen molar-refractivity contribution >= 4 is 26.7 Å². The van der Waals surface area contributed by atoms with E-state index in [0.29, 0.717) is 0 Å². The third-order valence-corrected chi connectivity index (χ3v) is 5.36. The molecule has 0 unspecified atom stereocenters. The maximum atomic E-state index is 9.91. The first kappa shape index (κ1) is 14.5. The van der Waals surface area contributed by atoms with Gasteiger partial charge in [0.2, 0.25) is 0 Å². The van der Waals surface area contributed by atoms with Gasteiger partial charge in [0.05, 0.1) is 4.70 Å². The lowest BCUT2D eigenvalue weighted by molar-refractivity contribution is 0.250. The second-order valence-electron chi connectivity index (χ2n) is 5.87. The molecule has 4 rings (SSSR count). The van der Waals surface area contributed by atoms with E-state index in [1.165, 1.54) is 5.56 Å². The van der Waals surface area contributed by atoms with Crippen LogP contribution in [0.2, 0.25) is 0 Å². The SMILES string of the molecule is Oc1cccc2sc(N3CCN(Cc4ccccc4)CC3)nc12. The van der Waals surface area contributed by atoms with Crippen molar-refractivity contribution in [3.05, 3.63) is 54.1 Å². The number of rotatable bonds is 3. The van der Waals surface area contributed by atoms with Crippen molar-refractivity contribution in [1.82, 2.24) is 9.88 Å². The van der Waals surface area contributed by atoms with Crippen LogP contribution >= 0.6 is 11.3 Å². The van der Waals surface area contributed by atoms with E-state index in [1.54, 1.807) is 17.4 Å². The number of para-hydroxylation sites is 1. The maximum absolute atomic E-state index is 9.91. The Labute approximate surface area is 139 Å². The number of phenolic OH excluding ortho intramolecular Hbond substituents is 1. The van der Waals surface area contributed by atoms with E-state index >= 15 is 0 Å². The summed E-state index contributed by atoms with van der Waals surface area (Å²) in [6.45, 7) is 5.05. The van der Waals surface area contributed by atoms with Crippen molar-refractivity contribution in [2.75, 3.05) is 31.1 Å². The van der Waals surface area contributed by atoms with E-state index in [9.17, 15) is 5.11 Å². The number of piperazine rings is 1. The minimum absolute atomic E-state index is 0.271. The van der Waals surface area contributed by atoms with Gasteiger partial charge in [-0.1, -0.05) is 47.7 Å². The van der Waals surface area contributed by atoms with Crippen LogP contribution in [0.3, 0.4) is 0 Å². The number of anilines is 1. The van der Waals surface area contributed by atoms with Gasteiger partial charge in [-0.2, -0.15) is 0 Å². The largest absolute Gasteiger partial charge is 0.506 e. The van der Waals surface area contributed by atoms with Gasteiger partial charge in [-0.3, -0.25) is 4.90 Å². The zero-order valence-corrected chi connectivity index (χ0v) is 13.7. The molecule has 5 heteroatoms. The molecule has 0 saturated carbocycles. The molecule has 3 aromatic rings. The summed E-state index contributed by atoms with van der Waals surface area (Å²) in [7, 11) is 0. The molecule has 1 aliphatic heterocycles. The van der Waals surface area contributed by atoms with Gasteiger partial charge in [-0.15, -0.1) is 0 Å². The predicted octanol–water partition coefficient (Wildman–Crippen LogP) is 3.32. The summed E-state index contributed by atoms with van der Waals surface area (Å²) in [5, 5.41) is 10.9. The van der Waals surface area contributed by atoms with Crippen molar-refractivity contribution in [3.8, 4) is 5.75 Å². The van der Waals surface area contributed by atoms with Crippen molar-refractivity contribution < 1.29 is 5.11 Å². The first-order valence-electron chi connectivity index (χ1n) is 7.89. The average Bonchev–Trinajstić information content (AvgIpc) is 3.02. The molecule has 23 heavy (non-hydrogen) atoms. The van der Waals surface area contributed by atoms with Gasteiger partial charge in [0.25, 0.3) is 0 Å². The molecule has 0 amide bonds. The van der Waals surface area contributed by atoms with Crippen LogP contribution in [0.25, 0.3) is 10.2 Å². The molecular formula is C18H19N3OS. The molecule has 4 nitrogen and oxygen atoms in total. The Morgan fingerprint density at radius 1 is 0.957 bits per heavy atom. The molecule has 1 aliphatic rings. The average molecular weight is 325 g/mol. The smallest absolute Gasteiger partial charge is 0.186 e. The van der Waals surface area contributed by atoms with E-state index in [2.05, 4.69) is 45.1 Å². The molecule has 1 fully saturated rings. The number of thiazole rings is 1. The normalized spacial score (nSPS) is 16.1. The zero-order valence-electron chi connectivity index (χ0n) is 12.9. The Morgan fingerprint density at radius 2 is 1.74 bits per heavy atom. The van der Waals surface area contributed by atoms with Gasteiger partial charge >= 0.3 is 0 Å². The molecule has 1 saturated heterocycles. The van der Waals surface area contributed by atoms with Gasteiger partial charge in [-0.05, 0) is 17.7 Å². The fraction of sp³-hybridized carbons (Fsp3) is 0.278. The van der Waals surface area contributed by atoms with Crippen molar-refractivity contribution in [2.45, 2.75) is 6.54 Å². The number of hydrogen-bond donors (Lipinski definition) is 1. The lowest BCUT2D eigenvalue weighted by Crippen LogP contribution is -2.45. The summed E-state index contributed by atoms with van der Waals surface area (Å²) >= 11 is 1.66. The molecule has 2 heterocycles. The number of aromatic nitrogens is 1. The third-order valence-electron chi connectivity index (χ3n) is 4.28. The molecule has 0 atom stereocenters. The lowest BCUT2D eigenvalue weighted by Gasteiger charge is -2.34. The van der Waals surface area contributed by atoms with Crippen LogP contribution in [-0.4, -0.2) is 41.2 Å². The topological polar surface area (TPSA) is 39.6 Å². The quantitative estimate of drug-likeness (QED) is 0.802. The fourth-order valence-electron chi connectivity index (χ4n) is 3.00. The highest BCUT2D eigenvalue weighted by Gasteiger charge is 2.20. The number of benzene rings is 2. The molecule has 0 radical (unpaired) electrons. The molecule has 0 bridgehead atoms. The summed E-state index contributed by atoms with van der Waals surface area (Å²) in [4.78, 5) is 9.43. The first-order chi connectivity index (χ1) is 11.3. The van der Waals surface area contributed by atoms with Gasteiger partial charge in [-0.25, -0.2) is 4.98 Å². The number of phenols is 1. The lowest BCUT2D eigenvalue weighted by atomic mass is 10.2. The van der Waals surface area contributed by atoms with Crippen molar-refractivity contribution in [2.24, 2.45) is 0 Å². The molecule has 0 spiro atoms. The second-order valence-corrected chi connectivity index (χ2v) is 6.88. The summed E-state index contributed by atoms with van der Waals surface area (Å²) < 4.78 is 1.05. The van der Waals surface area contributed by atoms with Crippen LogP contribution in [0, 0.1) is 0 Å². The standard InChI is InChI=1S/C18H19N3OS/c22-15-7-4-8-16-17(15)19-18(23-16)21-11-9-20(10-12-21)13-14-5-2-1-3-6-14/h1-8,22H,9-13H2. The number of aromatic hydroxyl groups is 1. The highest BCUT2D eigenvalue weighted by molar-refractivity contribution is 7.22. The van der Waals surface area contributed by atoms with E-state index in [-0.39, 0.29) is 5.75 Å². The zero-order chi connectivity index (χ0) is 15.6. The van der Waals surface area contributed by atoms with E-state index in [4.69, 9.17) is 0 Å². The van der Waals surface area contributed by atoms with Crippen LogP contribution in [0.15, 0.2) is 48.5 Å². The molecule has 1 N–H and O–H groups in total. The van der Waals surface area contributed by atoms with Gasteiger partial charge in [0, 0.05) is 32.7 Å². The minimum atomic E-state index is 0.271. The van der Waals surface area contributed by atoms with Crippen LogP contribution in [0.4, 0.5) is 5.13 Å². The first-order valence-corrected chi connectivity index (χ1v) is 8.71. The molecule has 0 aliphatic carbocycles. The molecule has 2 aromatic carbocycles. The maximum Gasteiger partial charge on any atom is 0.186 e. The van der Waals surface area contributed by atoms with Crippen LogP contribution < -0.4 is 4.90 Å². The number of nitrogens with zero attached hydrogens (tertiary/aromatic N) is 3. The van der Waals surface area contributed by atoms with Crippen molar-refractivity contribution in [1.29, 1.82) is 0 Å². The second kappa shape index (κ2) is 6.18. The van der Waals surface area contributed by atoms with E-state index in [1.807, 2.05) is 12.1 Å². The van der Waals surface area contributed by atoms with Crippen LogP contribution in [0.5, 0.6) is 5.75 Å². The Kier molecular flexibility index (Phi) is 3.89. The Morgan fingerprint density at radius 3 is 2.48 bits per heavy atom. The molecule has 118 valence electrons. The Bertz CT molecular complexity index is 794. The van der Waals surface area contributed by atoms with E-state index < -0.39 is 0 Å². The Balaban J connectivity index is 1.43. The highest BCUT2D eigenvalue weighted by atomic mass is 32.1. The highest BCUT2D eigenvalue weighted by Crippen LogP contribution is 2.33. The summed E-state index contributed by atoms with van der Waals surface area (Å²) in [6, 6.07) is 16.2. The van der Waals surface area contributed by atoms with Gasteiger partial charge in [0.15, 0.2) is 5.13 Å². The predicted molar refractivity (Wildman–Crippen MR) is 95.2 cm³/mol. The summed E-state index contributed by atoms with van der Waals surface area (Å²) in [5.41, 5.74) is 2.09. The summed E-state index contributed by atoms with van der Waals surface area (Å²) in [5.74, 6) is 0.271. The van der Waals surface area contributed by atoms with Crippen LogP contribution in [-0.2, 0) is 6.54 Å². The number of hydrogen-bond acceptors (Lipinski definition) is 5. The summed E-state index contributed by atoms with van der Waals surface area (Å²) in [6.07, 6.45) is 0. The van der Waals surface area contributed by atoms with E-state index in [0.717, 1.165) is 48.1 Å². The van der Waals surface area contributed by atoms with Gasteiger partial charge < -0.3 is 10.0 Å². The monoisotopic (exact) mass is 325 g/mol. The van der Waals surface area contributed by atoms with Gasteiger partial charge in [0.1, 0.15) is 11.3 Å². The fourth-order valence-corrected chi connectivity index (χ4v) is 4.04. The Hall–Kier alpha value is -2.11.